The first-order valence-corrected chi connectivity index (χ1v) is 8.05. The molecule has 0 aromatic carbocycles. The van der Waals surface area contributed by atoms with E-state index in [1.807, 2.05) is 27.7 Å². The lowest BCUT2D eigenvalue weighted by atomic mass is 10.0. The van der Waals surface area contributed by atoms with Crippen molar-refractivity contribution in [3.63, 3.8) is 0 Å². The van der Waals surface area contributed by atoms with Gasteiger partial charge in [0.1, 0.15) is 11.6 Å². The zero-order chi connectivity index (χ0) is 17.1. The fraction of sp³-hybridized carbons (Fsp3) is 0.667. The number of hydrogen-bond acceptors (Lipinski definition) is 5. The van der Waals surface area contributed by atoms with Crippen molar-refractivity contribution < 1.29 is 14.3 Å². The average Bonchev–Trinajstić information content (AvgIpc) is 2.62. The summed E-state index contributed by atoms with van der Waals surface area (Å²) in [6.07, 6.45) is -0.604. The van der Waals surface area contributed by atoms with Gasteiger partial charge in [-0.05, 0) is 40.5 Å². The van der Waals surface area contributed by atoms with Gasteiger partial charge in [-0.25, -0.2) is 9.78 Å². The maximum Gasteiger partial charge on any atom is 0.408 e. The van der Waals surface area contributed by atoms with Crippen molar-refractivity contribution in [3.8, 4) is 0 Å². The monoisotopic (exact) mass is 327 g/mol. The number of carbonyl (C=O) groups is 2. The Labute approximate surface area is 135 Å². The number of amides is 2. The second kappa shape index (κ2) is 7.09. The molecule has 0 bridgehead atoms. The molecule has 1 atom stereocenters. The number of nitrogens with one attached hydrogen (secondary N) is 2. The van der Waals surface area contributed by atoms with Crippen molar-refractivity contribution in [1.29, 1.82) is 0 Å². The molecule has 0 aliphatic rings. The van der Waals surface area contributed by atoms with Crippen LogP contribution in [0.25, 0.3) is 0 Å². The Balaban J connectivity index is 2.73. The number of nitrogens with zero attached hydrogens (tertiary/aromatic N) is 1. The quantitative estimate of drug-likeness (QED) is 0.889. The highest BCUT2D eigenvalue weighted by Gasteiger charge is 2.27. The molecule has 1 rings (SSSR count). The summed E-state index contributed by atoms with van der Waals surface area (Å²) >= 11 is 1.41. The van der Waals surface area contributed by atoms with E-state index >= 15 is 0 Å². The van der Waals surface area contributed by atoms with Gasteiger partial charge < -0.3 is 15.4 Å². The molecule has 6 nitrogen and oxygen atoms in total. The third kappa shape index (κ3) is 5.63. The summed E-state index contributed by atoms with van der Waals surface area (Å²) in [6.45, 7) is 12.9. The molecule has 0 saturated carbocycles. The van der Waals surface area contributed by atoms with Gasteiger partial charge in [0.15, 0.2) is 5.13 Å². The van der Waals surface area contributed by atoms with E-state index in [2.05, 4.69) is 15.6 Å². The van der Waals surface area contributed by atoms with E-state index in [0.29, 0.717) is 5.13 Å². The topological polar surface area (TPSA) is 80.3 Å². The zero-order valence-corrected chi connectivity index (χ0v) is 15.1. The Hall–Kier alpha value is -1.63. The second-order valence-corrected chi connectivity index (χ2v) is 7.72. The van der Waals surface area contributed by atoms with Crippen LogP contribution in [0.4, 0.5) is 9.93 Å². The molecule has 1 aromatic heterocycles. The number of anilines is 1. The third-order valence-corrected chi connectivity index (χ3v) is 3.87. The minimum absolute atomic E-state index is 0.0744. The lowest BCUT2D eigenvalue weighted by Crippen LogP contribution is -2.48. The van der Waals surface area contributed by atoms with Crippen LogP contribution in [-0.2, 0) is 9.53 Å². The molecule has 2 amide bonds. The maximum atomic E-state index is 12.4. The van der Waals surface area contributed by atoms with E-state index < -0.39 is 17.7 Å². The lowest BCUT2D eigenvalue weighted by Gasteiger charge is -2.24. The summed E-state index contributed by atoms with van der Waals surface area (Å²) < 4.78 is 5.20. The SMILES string of the molecule is Cc1nc(NC(=O)[C@@H](NC(=O)OC(C)(C)C)C(C)C)sc1C. The number of carbonyl (C=O) groups excluding carboxylic acids is 2. The van der Waals surface area contributed by atoms with Gasteiger partial charge in [-0.3, -0.25) is 4.79 Å². The van der Waals surface area contributed by atoms with E-state index in [9.17, 15) is 9.59 Å². The van der Waals surface area contributed by atoms with Crippen molar-refractivity contribution >= 4 is 28.5 Å². The Morgan fingerprint density at radius 3 is 2.23 bits per heavy atom. The molecule has 0 spiro atoms. The summed E-state index contributed by atoms with van der Waals surface area (Å²) in [7, 11) is 0. The molecule has 0 unspecified atom stereocenters. The molecule has 0 fully saturated rings. The van der Waals surface area contributed by atoms with Gasteiger partial charge in [0, 0.05) is 4.88 Å². The van der Waals surface area contributed by atoms with E-state index in [0.717, 1.165) is 10.6 Å². The Morgan fingerprint density at radius 1 is 1.23 bits per heavy atom. The molecule has 0 saturated heterocycles. The van der Waals surface area contributed by atoms with Crippen LogP contribution in [0.5, 0.6) is 0 Å². The number of aryl methyl sites for hydroxylation is 2. The normalized spacial score (nSPS) is 12.9. The standard InChI is InChI=1S/C15H25N3O3S/c1-8(2)11(17-14(20)21-15(5,6)7)12(19)18-13-16-9(3)10(4)22-13/h8,11H,1-7H3,(H,17,20)(H,16,18,19)/t11-/m0/s1. The molecule has 0 aliphatic carbocycles. The van der Waals surface area contributed by atoms with Gasteiger partial charge in [0.25, 0.3) is 0 Å². The van der Waals surface area contributed by atoms with E-state index in [1.165, 1.54) is 11.3 Å². The van der Waals surface area contributed by atoms with Crippen LogP contribution in [0.15, 0.2) is 0 Å². The van der Waals surface area contributed by atoms with E-state index in [4.69, 9.17) is 4.74 Å². The minimum atomic E-state index is -0.681. The fourth-order valence-electron chi connectivity index (χ4n) is 1.68. The first-order valence-electron chi connectivity index (χ1n) is 7.24. The molecule has 7 heteroatoms. The summed E-state index contributed by atoms with van der Waals surface area (Å²) in [6, 6.07) is -0.681. The largest absolute Gasteiger partial charge is 0.444 e. The van der Waals surface area contributed by atoms with Crippen LogP contribution >= 0.6 is 11.3 Å². The van der Waals surface area contributed by atoms with Crippen LogP contribution in [0.3, 0.4) is 0 Å². The second-order valence-electron chi connectivity index (χ2n) is 6.52. The van der Waals surface area contributed by atoms with Gasteiger partial charge in [0.05, 0.1) is 5.69 Å². The Morgan fingerprint density at radius 2 is 1.82 bits per heavy atom. The predicted molar refractivity (Wildman–Crippen MR) is 88.2 cm³/mol. The summed E-state index contributed by atoms with van der Waals surface area (Å²) in [5.41, 5.74) is 0.285. The van der Waals surface area contributed by atoms with Crippen LogP contribution in [0, 0.1) is 19.8 Å². The number of thiazole rings is 1. The van der Waals surface area contributed by atoms with Gasteiger partial charge in [-0.2, -0.15) is 0 Å². The first-order chi connectivity index (χ1) is 9.99. The Kier molecular flexibility index (Phi) is 5.93. The van der Waals surface area contributed by atoms with E-state index in [-0.39, 0.29) is 11.8 Å². The van der Waals surface area contributed by atoms with Gasteiger partial charge in [-0.15, -0.1) is 11.3 Å². The number of ether oxygens (including phenoxy) is 1. The van der Waals surface area contributed by atoms with Gasteiger partial charge in [-0.1, -0.05) is 13.8 Å². The number of aromatic nitrogens is 1. The van der Waals surface area contributed by atoms with Crippen LogP contribution in [-0.4, -0.2) is 28.6 Å². The molecule has 1 heterocycles. The summed E-state index contributed by atoms with van der Waals surface area (Å²) in [4.78, 5) is 29.5. The molecule has 124 valence electrons. The highest BCUT2D eigenvalue weighted by atomic mass is 32.1. The molecule has 1 aromatic rings. The predicted octanol–water partition coefficient (Wildman–Crippen LogP) is 3.25. The Bertz CT molecular complexity index is 527. The van der Waals surface area contributed by atoms with Crippen LogP contribution in [0.1, 0.15) is 45.2 Å². The smallest absolute Gasteiger partial charge is 0.408 e. The first kappa shape index (κ1) is 18.4. The molecule has 22 heavy (non-hydrogen) atoms. The lowest BCUT2D eigenvalue weighted by molar-refractivity contribution is -0.119. The number of rotatable bonds is 4. The highest BCUT2D eigenvalue weighted by Crippen LogP contribution is 2.21. The van der Waals surface area contributed by atoms with Crippen molar-refractivity contribution in [2.45, 2.75) is 60.1 Å². The molecular formula is C15H25N3O3S. The third-order valence-electron chi connectivity index (χ3n) is 2.88. The van der Waals surface area contributed by atoms with Crippen molar-refractivity contribution in [2.24, 2.45) is 5.92 Å². The maximum absolute atomic E-state index is 12.4. The van der Waals surface area contributed by atoms with Gasteiger partial charge >= 0.3 is 6.09 Å². The summed E-state index contributed by atoms with van der Waals surface area (Å²) in [5.74, 6) is -0.371. The highest BCUT2D eigenvalue weighted by molar-refractivity contribution is 7.15. The van der Waals surface area contributed by atoms with E-state index in [1.54, 1.807) is 20.8 Å². The fourth-order valence-corrected chi connectivity index (χ4v) is 2.50. The summed E-state index contributed by atoms with van der Waals surface area (Å²) in [5, 5.41) is 5.91. The number of alkyl carbamates (subject to hydrolysis) is 1. The molecule has 0 aliphatic heterocycles. The minimum Gasteiger partial charge on any atom is -0.444 e. The average molecular weight is 327 g/mol. The van der Waals surface area contributed by atoms with Crippen molar-refractivity contribution in [2.75, 3.05) is 5.32 Å². The molecule has 0 radical (unpaired) electrons. The van der Waals surface area contributed by atoms with Crippen LogP contribution < -0.4 is 10.6 Å². The van der Waals surface area contributed by atoms with Crippen molar-refractivity contribution in [3.05, 3.63) is 10.6 Å². The molecule has 2 N–H and O–H groups in total. The van der Waals surface area contributed by atoms with Gasteiger partial charge in [0.2, 0.25) is 5.91 Å². The number of hydrogen-bond donors (Lipinski definition) is 2. The molecular weight excluding hydrogens is 302 g/mol. The zero-order valence-electron chi connectivity index (χ0n) is 14.2. The van der Waals surface area contributed by atoms with Crippen LogP contribution in [0.2, 0.25) is 0 Å². The van der Waals surface area contributed by atoms with Crippen molar-refractivity contribution in [1.82, 2.24) is 10.3 Å².